The Hall–Kier alpha value is -2.53. The maximum absolute atomic E-state index is 14.9. The number of hydrogen-bond acceptors (Lipinski definition) is 10. The van der Waals surface area contributed by atoms with Crippen molar-refractivity contribution in [2.24, 2.45) is 27.6 Å². The summed E-state index contributed by atoms with van der Waals surface area (Å²) in [5.41, 5.74) is -5.37. The molecule has 9 rings (SSSR count). The minimum absolute atomic E-state index is 0.0202. The summed E-state index contributed by atoms with van der Waals surface area (Å²) in [5.74, 6) is -0.707. The standard InChI is InChI=1S/C36H46O10/c1-31(2)35-15-10-14-33(26(39)27(35)40)23(34(35)20-43-25(38)19-24(34)45-31)12-16-32(3)28(44-30(41)29-36(32,33)46-29)21-13-18-42-22(21)11-8-6-4-5-7-9-17-37/h10,13,15,18,23-24,26,28-29,37,39H,4-9,11-12,14,16-17,19-20H2,1-3H3/t23-,24+,26-,28+,29-,32+,33+,34-,35+,36+/m1/s1. The van der Waals surface area contributed by atoms with Gasteiger partial charge in [-0.3, -0.25) is 9.59 Å². The number of esters is 2. The number of ketones is 1. The molecule has 4 aliphatic carbocycles. The summed E-state index contributed by atoms with van der Waals surface area (Å²) in [6, 6.07) is 1.89. The summed E-state index contributed by atoms with van der Waals surface area (Å²) < 4.78 is 31.4. The second-order valence-corrected chi connectivity index (χ2v) is 15.7. The van der Waals surface area contributed by atoms with Gasteiger partial charge in [0.15, 0.2) is 11.9 Å². The van der Waals surface area contributed by atoms with Gasteiger partial charge in [-0.15, -0.1) is 0 Å². The Morgan fingerprint density at radius 1 is 0.957 bits per heavy atom. The smallest absolute Gasteiger partial charge is 0.339 e. The Kier molecular flexibility index (Phi) is 6.69. The molecule has 8 aliphatic rings. The zero-order valence-corrected chi connectivity index (χ0v) is 27.0. The molecule has 0 unspecified atom stereocenters. The quantitative estimate of drug-likeness (QED) is 0.174. The van der Waals surface area contributed by atoms with Crippen molar-refractivity contribution in [1.82, 2.24) is 0 Å². The Bertz CT molecular complexity index is 1490. The van der Waals surface area contributed by atoms with Gasteiger partial charge in [0.1, 0.15) is 30.2 Å². The van der Waals surface area contributed by atoms with Crippen LogP contribution in [0.25, 0.3) is 0 Å². The van der Waals surface area contributed by atoms with Crippen LogP contribution in [-0.4, -0.2) is 70.7 Å². The molecule has 5 heterocycles. The van der Waals surface area contributed by atoms with Crippen LogP contribution in [0.2, 0.25) is 0 Å². The Labute approximate surface area is 269 Å². The number of carbonyl (C=O) groups excluding carboxylic acids is 3. The van der Waals surface area contributed by atoms with E-state index >= 15 is 0 Å². The van der Waals surface area contributed by atoms with E-state index in [-0.39, 0.29) is 37.3 Å². The van der Waals surface area contributed by atoms with Crippen LogP contribution in [0.1, 0.15) is 102 Å². The number of carbonyl (C=O) groups is 3. The van der Waals surface area contributed by atoms with E-state index in [1.807, 2.05) is 32.1 Å². The van der Waals surface area contributed by atoms with Crippen LogP contribution >= 0.6 is 0 Å². The number of aryl methyl sites for hydroxylation is 1. The monoisotopic (exact) mass is 638 g/mol. The lowest BCUT2D eigenvalue weighted by Crippen LogP contribution is -2.79. The summed E-state index contributed by atoms with van der Waals surface area (Å²) in [7, 11) is 0. The highest BCUT2D eigenvalue weighted by molar-refractivity contribution is 5.97. The number of ether oxygens (including phenoxy) is 4. The SMILES string of the molecule is CC1(C)O[C@H]2CC(=O)OC[C@@]23[C@@H]2CC[C@@]4(C)[C@H](c5ccoc5CCCCCCCCO)OC(=O)[C@H]5O[C@@]54[C@@]24CC=C[C@]13C(=O)[C@H]4O. The Morgan fingerprint density at radius 3 is 2.50 bits per heavy atom. The molecule has 1 aromatic heterocycles. The number of rotatable bonds is 9. The predicted molar refractivity (Wildman–Crippen MR) is 161 cm³/mol. The van der Waals surface area contributed by atoms with E-state index < -0.39 is 63.2 Å². The average molecular weight is 639 g/mol. The first-order valence-electron chi connectivity index (χ1n) is 17.3. The van der Waals surface area contributed by atoms with E-state index in [9.17, 15) is 19.5 Å². The first-order valence-corrected chi connectivity index (χ1v) is 17.3. The summed E-state index contributed by atoms with van der Waals surface area (Å²) in [4.78, 5) is 41.4. The van der Waals surface area contributed by atoms with E-state index in [0.29, 0.717) is 25.7 Å². The average Bonchev–Trinajstić information content (AvgIpc) is 3.64. The highest BCUT2D eigenvalue weighted by atomic mass is 16.7. The van der Waals surface area contributed by atoms with Crippen molar-refractivity contribution < 1.29 is 48.0 Å². The topological polar surface area (TPSA) is 145 Å². The minimum atomic E-state index is -1.41. The molecule has 4 spiro atoms. The van der Waals surface area contributed by atoms with E-state index in [0.717, 1.165) is 49.8 Å². The first kappa shape index (κ1) is 30.8. The number of aliphatic hydroxyl groups excluding tert-OH is 2. The molecular formula is C36H46O10. The van der Waals surface area contributed by atoms with Crippen LogP contribution in [0.5, 0.6) is 0 Å². The van der Waals surface area contributed by atoms with Crippen molar-refractivity contribution in [2.75, 3.05) is 13.2 Å². The van der Waals surface area contributed by atoms with Gasteiger partial charge in [-0.1, -0.05) is 44.8 Å². The fraction of sp³-hybridized carbons (Fsp3) is 0.750. The molecule has 10 nitrogen and oxygen atoms in total. The molecule has 10 heteroatoms. The Balaban J connectivity index is 1.19. The number of allylic oxidation sites excluding steroid dienone is 1. The highest BCUT2D eigenvalue weighted by Gasteiger charge is 2.94. The first-order chi connectivity index (χ1) is 22.0. The summed E-state index contributed by atoms with van der Waals surface area (Å²) in [6.07, 6.45) is 10.3. The number of Topliss-reactive ketones (excluding diaryl/α,β-unsaturated/α-hetero) is 1. The van der Waals surface area contributed by atoms with Crippen molar-refractivity contribution in [1.29, 1.82) is 0 Å². The van der Waals surface area contributed by atoms with E-state index in [2.05, 4.69) is 6.92 Å². The molecule has 4 aliphatic heterocycles. The second kappa shape index (κ2) is 10.00. The van der Waals surface area contributed by atoms with Gasteiger partial charge in [0.05, 0.1) is 35.2 Å². The van der Waals surface area contributed by atoms with Crippen LogP contribution in [-0.2, 0) is 39.8 Å². The van der Waals surface area contributed by atoms with Gasteiger partial charge in [-0.05, 0) is 57.9 Å². The maximum Gasteiger partial charge on any atom is 0.339 e. The molecule has 0 amide bonds. The second-order valence-electron chi connectivity index (χ2n) is 15.7. The fourth-order valence-electron chi connectivity index (χ4n) is 11.9. The molecule has 250 valence electrons. The van der Waals surface area contributed by atoms with Crippen LogP contribution in [0.3, 0.4) is 0 Å². The zero-order valence-electron chi connectivity index (χ0n) is 27.0. The van der Waals surface area contributed by atoms with Crippen molar-refractivity contribution in [2.45, 2.75) is 127 Å². The summed E-state index contributed by atoms with van der Waals surface area (Å²) in [6.45, 7) is 6.11. The van der Waals surface area contributed by atoms with Crippen molar-refractivity contribution in [3.63, 3.8) is 0 Å². The molecule has 46 heavy (non-hydrogen) atoms. The third-order valence-corrected chi connectivity index (χ3v) is 13.7. The maximum atomic E-state index is 14.9. The lowest BCUT2D eigenvalue weighted by molar-refractivity contribution is -0.262. The number of cyclic esters (lactones) is 2. The third-order valence-electron chi connectivity index (χ3n) is 13.7. The molecule has 6 fully saturated rings. The normalized spacial score (nSPS) is 45.9. The van der Waals surface area contributed by atoms with E-state index in [1.165, 1.54) is 0 Å². The van der Waals surface area contributed by atoms with E-state index in [4.69, 9.17) is 28.5 Å². The van der Waals surface area contributed by atoms with Gasteiger partial charge in [0, 0.05) is 29.4 Å². The summed E-state index contributed by atoms with van der Waals surface area (Å²) in [5, 5.41) is 21.5. The third kappa shape index (κ3) is 3.35. The largest absolute Gasteiger partial charge is 0.469 e. The predicted octanol–water partition coefficient (Wildman–Crippen LogP) is 4.29. The molecular weight excluding hydrogens is 592 g/mol. The van der Waals surface area contributed by atoms with Gasteiger partial charge >= 0.3 is 11.9 Å². The molecule has 1 aromatic rings. The van der Waals surface area contributed by atoms with Crippen molar-refractivity contribution in [3.8, 4) is 0 Å². The molecule has 0 aromatic carbocycles. The number of fused-ring (bicyclic) bond motifs is 2. The van der Waals surface area contributed by atoms with Gasteiger partial charge in [-0.2, -0.15) is 0 Å². The number of hydrogen-bond donors (Lipinski definition) is 2. The van der Waals surface area contributed by atoms with Crippen LogP contribution < -0.4 is 0 Å². The number of epoxide rings is 1. The summed E-state index contributed by atoms with van der Waals surface area (Å²) >= 11 is 0. The zero-order chi connectivity index (χ0) is 32.3. The van der Waals surface area contributed by atoms with E-state index in [1.54, 1.807) is 6.26 Å². The minimum Gasteiger partial charge on any atom is -0.469 e. The molecule has 10 atom stereocenters. The van der Waals surface area contributed by atoms with Crippen LogP contribution in [0.4, 0.5) is 0 Å². The van der Waals surface area contributed by atoms with Gasteiger partial charge in [0.2, 0.25) is 0 Å². The number of aliphatic hydroxyl groups is 2. The number of furan rings is 1. The lowest BCUT2D eigenvalue weighted by atomic mass is 9.33. The number of unbranched alkanes of at least 4 members (excludes halogenated alkanes) is 5. The molecule has 4 saturated heterocycles. The lowest BCUT2D eigenvalue weighted by Gasteiger charge is -2.68. The molecule has 2 N–H and O–H groups in total. The van der Waals surface area contributed by atoms with Crippen molar-refractivity contribution >= 4 is 17.7 Å². The molecule has 0 radical (unpaired) electrons. The van der Waals surface area contributed by atoms with Crippen LogP contribution in [0, 0.1) is 27.6 Å². The molecule has 2 bridgehead atoms. The fourth-order valence-corrected chi connectivity index (χ4v) is 11.9. The Morgan fingerprint density at radius 2 is 1.72 bits per heavy atom. The van der Waals surface area contributed by atoms with Crippen LogP contribution in [0.15, 0.2) is 28.9 Å². The van der Waals surface area contributed by atoms with Crippen molar-refractivity contribution in [3.05, 3.63) is 35.8 Å². The highest BCUT2D eigenvalue weighted by Crippen LogP contribution is 2.84. The molecule has 2 saturated carbocycles. The van der Waals surface area contributed by atoms with Gasteiger partial charge < -0.3 is 33.6 Å². The van der Waals surface area contributed by atoms with Gasteiger partial charge in [0.25, 0.3) is 0 Å². The van der Waals surface area contributed by atoms with Gasteiger partial charge in [-0.25, -0.2) is 4.79 Å².